The number of likely N-dealkylation sites (tertiary alicyclic amines) is 1. The summed E-state index contributed by atoms with van der Waals surface area (Å²) in [5, 5.41) is 35.9. The van der Waals surface area contributed by atoms with E-state index in [1.807, 2.05) is 35.2 Å². The molecule has 1 amide bonds. The number of piperidine rings is 1. The second-order valence-electron chi connectivity index (χ2n) is 15.8. The van der Waals surface area contributed by atoms with Gasteiger partial charge in [0.15, 0.2) is 0 Å². The molecule has 19 nitrogen and oxygen atoms in total. The number of nitrogens with one attached hydrogen (secondary N) is 2. The third-order valence-corrected chi connectivity index (χ3v) is 11.6. The van der Waals surface area contributed by atoms with Gasteiger partial charge in [-0.2, -0.15) is 5.10 Å². The predicted octanol–water partition coefficient (Wildman–Crippen LogP) is 1.48. The quantitative estimate of drug-likeness (QED) is 0.0799. The highest BCUT2D eigenvalue weighted by Gasteiger charge is 2.34. The Bertz CT molecular complexity index is 1940. The van der Waals surface area contributed by atoms with Gasteiger partial charge < -0.3 is 30.1 Å². The summed E-state index contributed by atoms with van der Waals surface area (Å²) in [6.45, 7) is 4.28. The molecule has 2 aliphatic heterocycles. The maximum atomic E-state index is 13.1. The number of nitrogens with zero attached hydrogens (tertiary/aromatic N) is 7. The number of halogens is 1. The summed E-state index contributed by atoms with van der Waals surface area (Å²) in [6.07, 6.45) is 2.93. The number of carboxylic acid groups (broad SMARTS) is 3. The molecule has 0 spiro atoms. The summed E-state index contributed by atoms with van der Waals surface area (Å²) < 4.78 is 14.6. The number of methoxy groups -OCH3 is 1. The van der Waals surface area contributed by atoms with Gasteiger partial charge in [0.1, 0.15) is 11.6 Å². The Morgan fingerprint density at radius 3 is 1.95 bits per heavy atom. The van der Waals surface area contributed by atoms with E-state index in [4.69, 9.17) is 9.47 Å². The van der Waals surface area contributed by atoms with Crippen molar-refractivity contribution in [2.45, 2.75) is 57.5 Å². The number of benzene rings is 2. The molecule has 2 fully saturated rings. The van der Waals surface area contributed by atoms with Crippen molar-refractivity contribution in [3.05, 3.63) is 79.5 Å². The second kappa shape index (κ2) is 25.0. The third kappa shape index (κ3) is 16.3. The fraction of sp³-hybridized carbons (Fsp3) is 0.571. The minimum Gasteiger partial charge on any atom is -0.497 e. The van der Waals surface area contributed by atoms with Crippen LogP contribution in [0.15, 0.2) is 53.3 Å². The van der Waals surface area contributed by atoms with Gasteiger partial charge in [0.25, 0.3) is 0 Å². The minimum absolute atomic E-state index is 0.0297. The van der Waals surface area contributed by atoms with Crippen LogP contribution in [-0.2, 0) is 43.6 Å². The van der Waals surface area contributed by atoms with Crippen molar-refractivity contribution < 1.29 is 44.0 Å². The van der Waals surface area contributed by atoms with Gasteiger partial charge in [-0.1, -0.05) is 30.3 Å². The van der Waals surface area contributed by atoms with Gasteiger partial charge in [-0.05, 0) is 84.1 Å². The number of carbonyl (C=O) groups is 4. The van der Waals surface area contributed by atoms with E-state index in [0.29, 0.717) is 97.3 Å². The monoisotopic (exact) mass is 977 g/mol. The highest BCUT2D eigenvalue weighted by molar-refractivity contribution is 14.1. The summed E-state index contributed by atoms with van der Waals surface area (Å²) in [5.41, 5.74) is 1.88. The van der Waals surface area contributed by atoms with Gasteiger partial charge in [-0.15, -0.1) is 0 Å². The van der Waals surface area contributed by atoms with Crippen molar-refractivity contribution in [2.24, 2.45) is 0 Å². The molecule has 20 heteroatoms. The highest BCUT2D eigenvalue weighted by atomic mass is 127. The zero-order chi connectivity index (χ0) is 44.4. The van der Waals surface area contributed by atoms with Crippen LogP contribution in [0.4, 0.5) is 0 Å². The number of unbranched alkanes of at least 4 members (excludes halogenated alkanes) is 1. The number of carboxylic acids is 3. The standard InChI is InChI=1S/C42H60IN9O10/c1-61-34-23-31(22-33(43)24-34)30-62-35-10-7-12-51(41(35)32-8-3-2-4-9-32)25-36-45-42(60)52(46-36)13-6-5-11-44-37(53)26-47-14-16-48(27-38(54)55)18-20-50(29-40(58)59)21-19-49(17-15-47)28-39(56)57/h2-4,8-9,22-24,35,41H,5-7,10-21,25-30H2,1H3,(H,44,53)(H,54,55)(H,56,57)(H,58,59)(H,45,46,60)/t35-,41-/m0/s1. The van der Waals surface area contributed by atoms with Crippen molar-refractivity contribution in [2.75, 3.05) is 98.7 Å². The number of aryl methyl sites for hydroxylation is 1. The molecule has 340 valence electrons. The van der Waals surface area contributed by atoms with Gasteiger partial charge >= 0.3 is 23.6 Å². The molecule has 2 saturated heterocycles. The first kappa shape index (κ1) is 48.6. The van der Waals surface area contributed by atoms with Crippen LogP contribution in [0.25, 0.3) is 0 Å². The molecule has 0 saturated carbocycles. The van der Waals surface area contributed by atoms with Crippen LogP contribution < -0.4 is 15.7 Å². The number of H-pyrrole nitrogens is 1. The van der Waals surface area contributed by atoms with Crippen LogP contribution in [0.2, 0.25) is 0 Å². The lowest BCUT2D eigenvalue weighted by atomic mass is 9.92. The topological polar surface area (TPSA) is 226 Å². The fourth-order valence-corrected chi connectivity index (χ4v) is 8.66. The highest BCUT2D eigenvalue weighted by Crippen LogP contribution is 2.35. The molecule has 2 atom stereocenters. The van der Waals surface area contributed by atoms with Crippen molar-refractivity contribution in [1.29, 1.82) is 0 Å². The molecule has 62 heavy (non-hydrogen) atoms. The van der Waals surface area contributed by atoms with Crippen LogP contribution in [-0.4, -0.2) is 183 Å². The Morgan fingerprint density at radius 1 is 0.806 bits per heavy atom. The average Bonchev–Trinajstić information content (AvgIpc) is 3.58. The first-order chi connectivity index (χ1) is 29.8. The lowest BCUT2D eigenvalue weighted by Gasteiger charge is -2.41. The number of hydrogen-bond donors (Lipinski definition) is 5. The normalized spacial score (nSPS) is 19.3. The second-order valence-corrected chi connectivity index (χ2v) is 17.0. The van der Waals surface area contributed by atoms with E-state index >= 15 is 0 Å². The Hall–Kier alpha value is -4.45. The van der Waals surface area contributed by atoms with Crippen LogP contribution in [0.3, 0.4) is 0 Å². The molecular formula is C42H60IN9O10. The molecule has 2 aromatic carbocycles. The van der Waals surface area contributed by atoms with Gasteiger partial charge in [-0.25, -0.2) is 9.48 Å². The molecule has 2 aliphatic rings. The van der Waals surface area contributed by atoms with E-state index in [1.54, 1.807) is 21.8 Å². The van der Waals surface area contributed by atoms with Crippen molar-refractivity contribution >= 4 is 46.4 Å². The van der Waals surface area contributed by atoms with Gasteiger partial charge in [0, 0.05) is 69.0 Å². The van der Waals surface area contributed by atoms with E-state index in [2.05, 4.69) is 61.1 Å². The van der Waals surface area contributed by atoms with E-state index in [-0.39, 0.29) is 49.9 Å². The Labute approximate surface area is 375 Å². The van der Waals surface area contributed by atoms with E-state index < -0.39 is 17.9 Å². The maximum Gasteiger partial charge on any atom is 0.343 e. The van der Waals surface area contributed by atoms with Crippen molar-refractivity contribution in [1.82, 2.24) is 44.6 Å². The molecule has 0 unspecified atom stereocenters. The number of hydrogen-bond acceptors (Lipinski definition) is 13. The Balaban J connectivity index is 1.12. The number of aromatic amines is 1. The van der Waals surface area contributed by atoms with Gasteiger partial charge in [0.05, 0.1) is 58.6 Å². The molecule has 5 rings (SSSR count). The van der Waals surface area contributed by atoms with Crippen LogP contribution >= 0.6 is 22.6 Å². The lowest BCUT2D eigenvalue weighted by molar-refractivity contribution is -0.140. The van der Waals surface area contributed by atoms with Crippen LogP contribution in [0.5, 0.6) is 5.75 Å². The largest absolute Gasteiger partial charge is 0.497 e. The fourth-order valence-electron chi connectivity index (χ4n) is 7.96. The number of amides is 1. The molecule has 0 aliphatic carbocycles. The number of aromatic nitrogens is 3. The zero-order valence-electron chi connectivity index (χ0n) is 35.3. The third-order valence-electron chi connectivity index (χ3n) is 11.0. The number of carbonyl (C=O) groups excluding carboxylic acids is 1. The summed E-state index contributed by atoms with van der Waals surface area (Å²) >= 11 is 2.28. The molecule has 1 aromatic heterocycles. The number of rotatable bonds is 20. The number of ether oxygens (including phenoxy) is 2. The summed E-state index contributed by atoms with van der Waals surface area (Å²) in [5.74, 6) is -1.92. The summed E-state index contributed by atoms with van der Waals surface area (Å²) in [6, 6.07) is 16.3. The Kier molecular flexibility index (Phi) is 19.6. The SMILES string of the molecule is COc1cc(I)cc(CO[C@H]2CCCN(Cc3nn(CCCCNC(=O)CN4CCN(CC(=O)O)CCN(CC(=O)O)CCN(CC(=O)O)CC4)c(=O)[nH]3)[C@H]2c2ccccc2)c1. The Morgan fingerprint density at radius 2 is 1.39 bits per heavy atom. The van der Waals surface area contributed by atoms with Crippen molar-refractivity contribution in [3.63, 3.8) is 0 Å². The molecule has 5 N–H and O–H groups in total. The average molecular weight is 978 g/mol. The first-order valence-corrected chi connectivity index (χ1v) is 22.1. The maximum absolute atomic E-state index is 13.1. The van der Waals surface area contributed by atoms with Crippen molar-refractivity contribution in [3.8, 4) is 5.75 Å². The molecule has 0 radical (unpaired) electrons. The van der Waals surface area contributed by atoms with E-state index in [9.17, 15) is 39.3 Å². The van der Waals surface area contributed by atoms with Crippen LogP contribution in [0, 0.1) is 3.57 Å². The number of aliphatic carboxylic acids is 3. The first-order valence-electron chi connectivity index (χ1n) is 21.1. The lowest BCUT2D eigenvalue weighted by Crippen LogP contribution is -2.49. The van der Waals surface area contributed by atoms with Gasteiger partial charge in [-0.3, -0.25) is 48.7 Å². The molecule has 3 aromatic rings. The predicted molar refractivity (Wildman–Crippen MR) is 237 cm³/mol. The molecular weight excluding hydrogens is 917 g/mol. The summed E-state index contributed by atoms with van der Waals surface area (Å²) in [4.78, 5) is 73.0. The van der Waals surface area contributed by atoms with E-state index in [1.165, 1.54) is 4.68 Å². The van der Waals surface area contributed by atoms with Crippen LogP contribution in [0.1, 0.15) is 48.7 Å². The molecule has 0 bridgehead atoms. The zero-order valence-corrected chi connectivity index (χ0v) is 37.5. The minimum atomic E-state index is -1.02. The molecule has 3 heterocycles. The summed E-state index contributed by atoms with van der Waals surface area (Å²) in [7, 11) is 1.66. The van der Waals surface area contributed by atoms with Gasteiger partial charge in [0.2, 0.25) is 5.91 Å². The smallest absolute Gasteiger partial charge is 0.343 e. The van der Waals surface area contributed by atoms with E-state index in [0.717, 1.165) is 39.8 Å².